The van der Waals surface area contributed by atoms with Crippen molar-refractivity contribution >= 4 is 23.3 Å². The van der Waals surface area contributed by atoms with Gasteiger partial charge in [-0.25, -0.2) is 4.99 Å². The molecule has 0 aliphatic heterocycles. The number of hydrogen-bond acceptors (Lipinski definition) is 4. The van der Waals surface area contributed by atoms with Crippen molar-refractivity contribution in [3.05, 3.63) is 57.8 Å². The molecule has 0 saturated heterocycles. The average Bonchev–Trinajstić information content (AvgIpc) is 3.09. The van der Waals surface area contributed by atoms with Crippen LogP contribution in [0.5, 0.6) is 0 Å². The highest BCUT2D eigenvalue weighted by atomic mass is 32.1. The molecule has 1 aromatic carbocycles. The van der Waals surface area contributed by atoms with Gasteiger partial charge in [0.25, 0.3) is 11.9 Å². The van der Waals surface area contributed by atoms with Crippen LogP contribution in [0.25, 0.3) is 0 Å². The number of rotatable bonds is 3. The molecule has 1 heterocycles. The number of nitrogens with one attached hydrogen (secondary N) is 1. The normalized spacial score (nSPS) is 17.5. The maximum Gasteiger partial charge on any atom is 0.292 e. The molecule has 1 atom stereocenters. The SMILES string of the molecule is CC(C)OC(=N[C@H]1CCCc2ccccc21)NC(=O)c1cccs1. The Morgan fingerprint density at radius 3 is 2.88 bits per heavy atom. The molecule has 0 bridgehead atoms. The molecule has 1 aromatic heterocycles. The molecule has 4 nitrogen and oxygen atoms in total. The second-order valence-electron chi connectivity index (χ2n) is 6.14. The van der Waals surface area contributed by atoms with Crippen molar-refractivity contribution in [2.45, 2.75) is 45.3 Å². The van der Waals surface area contributed by atoms with E-state index in [0.29, 0.717) is 10.9 Å². The number of nitrogens with zero attached hydrogens (tertiary/aromatic N) is 1. The molecule has 1 aliphatic carbocycles. The molecule has 1 aliphatic rings. The predicted molar refractivity (Wildman–Crippen MR) is 97.6 cm³/mol. The Morgan fingerprint density at radius 1 is 1.29 bits per heavy atom. The molecule has 0 unspecified atom stereocenters. The number of aliphatic imine (C=N–C) groups is 1. The number of carbonyl (C=O) groups is 1. The van der Waals surface area contributed by atoms with E-state index in [9.17, 15) is 4.79 Å². The van der Waals surface area contributed by atoms with E-state index in [4.69, 9.17) is 9.73 Å². The lowest BCUT2D eigenvalue weighted by Crippen LogP contribution is -2.34. The van der Waals surface area contributed by atoms with E-state index in [1.54, 1.807) is 6.07 Å². The van der Waals surface area contributed by atoms with Crippen molar-refractivity contribution < 1.29 is 9.53 Å². The van der Waals surface area contributed by atoms with Crippen molar-refractivity contribution in [2.24, 2.45) is 4.99 Å². The molecular weight excluding hydrogens is 320 g/mol. The minimum Gasteiger partial charge on any atom is -0.462 e. The third-order valence-corrected chi connectivity index (χ3v) is 4.79. The predicted octanol–water partition coefficient (Wildman–Crippen LogP) is 4.34. The van der Waals surface area contributed by atoms with Crippen molar-refractivity contribution in [1.29, 1.82) is 0 Å². The molecule has 5 heteroatoms. The Balaban J connectivity index is 1.83. The molecule has 0 fully saturated rings. The van der Waals surface area contributed by atoms with Crippen molar-refractivity contribution in [3.63, 3.8) is 0 Å². The Morgan fingerprint density at radius 2 is 2.12 bits per heavy atom. The van der Waals surface area contributed by atoms with Crippen LogP contribution < -0.4 is 5.32 Å². The zero-order valence-electron chi connectivity index (χ0n) is 14.0. The van der Waals surface area contributed by atoms with Crippen LogP contribution in [0.4, 0.5) is 0 Å². The Hall–Kier alpha value is -2.14. The van der Waals surface area contributed by atoms with E-state index >= 15 is 0 Å². The van der Waals surface area contributed by atoms with E-state index in [-0.39, 0.29) is 18.1 Å². The van der Waals surface area contributed by atoms with Crippen molar-refractivity contribution in [2.75, 3.05) is 0 Å². The zero-order chi connectivity index (χ0) is 16.9. The molecule has 24 heavy (non-hydrogen) atoms. The van der Waals surface area contributed by atoms with Gasteiger partial charge in [0.05, 0.1) is 17.0 Å². The van der Waals surface area contributed by atoms with Crippen molar-refractivity contribution in [1.82, 2.24) is 5.32 Å². The van der Waals surface area contributed by atoms with E-state index in [1.807, 2.05) is 31.4 Å². The fourth-order valence-corrected chi connectivity index (χ4v) is 3.50. The summed E-state index contributed by atoms with van der Waals surface area (Å²) in [6, 6.07) is 12.4. The lowest BCUT2D eigenvalue weighted by Gasteiger charge is -2.23. The van der Waals surface area contributed by atoms with Gasteiger partial charge in [0, 0.05) is 0 Å². The summed E-state index contributed by atoms with van der Waals surface area (Å²) in [5, 5.41) is 4.71. The van der Waals surface area contributed by atoms with Gasteiger partial charge in [0.1, 0.15) is 0 Å². The van der Waals surface area contributed by atoms with E-state index in [0.717, 1.165) is 19.3 Å². The van der Waals surface area contributed by atoms with Gasteiger partial charge < -0.3 is 4.74 Å². The molecule has 1 amide bonds. The van der Waals surface area contributed by atoms with Crippen LogP contribution in [0.15, 0.2) is 46.8 Å². The van der Waals surface area contributed by atoms with Crippen LogP contribution >= 0.6 is 11.3 Å². The van der Waals surface area contributed by atoms with Crippen molar-refractivity contribution in [3.8, 4) is 0 Å². The lowest BCUT2D eigenvalue weighted by atomic mass is 9.88. The highest BCUT2D eigenvalue weighted by Gasteiger charge is 2.21. The summed E-state index contributed by atoms with van der Waals surface area (Å²) < 4.78 is 5.76. The first-order valence-corrected chi connectivity index (χ1v) is 9.18. The highest BCUT2D eigenvalue weighted by Crippen LogP contribution is 2.32. The Kier molecular flexibility index (Phi) is 5.30. The number of benzene rings is 1. The maximum absolute atomic E-state index is 12.3. The first kappa shape index (κ1) is 16.7. The summed E-state index contributed by atoms with van der Waals surface area (Å²) in [5.74, 6) is -0.173. The maximum atomic E-state index is 12.3. The summed E-state index contributed by atoms with van der Waals surface area (Å²) in [7, 11) is 0. The van der Waals surface area contributed by atoms with Gasteiger partial charge in [-0.3, -0.25) is 10.1 Å². The third-order valence-electron chi connectivity index (χ3n) is 3.92. The van der Waals surface area contributed by atoms with E-state index in [1.165, 1.54) is 22.5 Å². The molecule has 2 aromatic rings. The van der Waals surface area contributed by atoms with E-state index < -0.39 is 0 Å². The van der Waals surface area contributed by atoms with Crippen LogP contribution in [0.3, 0.4) is 0 Å². The smallest absolute Gasteiger partial charge is 0.292 e. The van der Waals surface area contributed by atoms with Gasteiger partial charge >= 0.3 is 0 Å². The van der Waals surface area contributed by atoms with Crippen LogP contribution in [-0.2, 0) is 11.2 Å². The first-order valence-electron chi connectivity index (χ1n) is 8.30. The van der Waals surface area contributed by atoms with Gasteiger partial charge in [-0.2, -0.15) is 0 Å². The molecule has 0 radical (unpaired) electrons. The Labute approximate surface area is 146 Å². The standard InChI is InChI=1S/C19H22N2O2S/c1-13(2)23-19(21-18(22)17-11-6-12-24-17)20-16-10-5-8-14-7-3-4-9-15(14)16/h3-4,6-7,9,11-13,16H,5,8,10H2,1-2H3,(H,20,21,22)/t16-/m0/s1. The number of aryl methyl sites for hydroxylation is 1. The summed E-state index contributed by atoms with van der Waals surface area (Å²) in [6.07, 6.45) is 3.10. The minimum atomic E-state index is -0.173. The minimum absolute atomic E-state index is 0.0346. The van der Waals surface area contributed by atoms with Gasteiger partial charge in [0.15, 0.2) is 0 Å². The molecule has 126 valence electrons. The monoisotopic (exact) mass is 342 g/mol. The highest BCUT2D eigenvalue weighted by molar-refractivity contribution is 7.12. The number of hydrogen-bond donors (Lipinski definition) is 1. The lowest BCUT2D eigenvalue weighted by molar-refractivity contribution is 0.0963. The topological polar surface area (TPSA) is 50.7 Å². The number of carbonyl (C=O) groups excluding carboxylic acids is 1. The molecule has 3 rings (SSSR count). The van der Waals surface area contributed by atoms with Crippen LogP contribution in [0.1, 0.15) is 53.5 Å². The number of amidine groups is 1. The Bertz CT molecular complexity index is 723. The van der Waals surface area contributed by atoms with Crippen LogP contribution in [-0.4, -0.2) is 18.0 Å². The largest absolute Gasteiger partial charge is 0.462 e. The van der Waals surface area contributed by atoms with Gasteiger partial charge in [0.2, 0.25) is 0 Å². The first-order chi connectivity index (χ1) is 11.6. The fraction of sp³-hybridized carbons (Fsp3) is 0.368. The molecule has 0 spiro atoms. The third kappa shape index (κ3) is 4.03. The average molecular weight is 342 g/mol. The number of amides is 1. The fourth-order valence-electron chi connectivity index (χ4n) is 2.89. The molecular formula is C19H22N2O2S. The van der Waals surface area contributed by atoms with Crippen LogP contribution in [0, 0.1) is 0 Å². The summed E-state index contributed by atoms with van der Waals surface area (Å²) in [6.45, 7) is 3.86. The summed E-state index contributed by atoms with van der Waals surface area (Å²) in [4.78, 5) is 17.7. The summed E-state index contributed by atoms with van der Waals surface area (Å²) in [5.41, 5.74) is 2.57. The number of thiophene rings is 1. The van der Waals surface area contributed by atoms with Gasteiger partial charge in [-0.1, -0.05) is 30.3 Å². The number of fused-ring (bicyclic) bond motifs is 1. The molecule has 0 saturated carbocycles. The van der Waals surface area contributed by atoms with Crippen LogP contribution in [0.2, 0.25) is 0 Å². The summed E-state index contributed by atoms with van der Waals surface area (Å²) >= 11 is 1.40. The zero-order valence-corrected chi connectivity index (χ0v) is 14.8. The van der Waals surface area contributed by atoms with E-state index in [2.05, 4.69) is 23.5 Å². The number of ether oxygens (including phenoxy) is 1. The molecule has 1 N–H and O–H groups in total. The van der Waals surface area contributed by atoms with Gasteiger partial charge in [-0.15, -0.1) is 11.3 Å². The quantitative estimate of drug-likeness (QED) is 0.666. The van der Waals surface area contributed by atoms with Gasteiger partial charge in [-0.05, 0) is 55.7 Å². The second-order valence-corrected chi connectivity index (χ2v) is 7.09. The second kappa shape index (κ2) is 7.62.